The fourth-order valence-electron chi connectivity index (χ4n) is 6.54. The summed E-state index contributed by atoms with van der Waals surface area (Å²) in [5, 5.41) is 11.5. The number of hydrogen-bond donors (Lipinski definition) is 1. The van der Waals surface area contributed by atoms with Gasteiger partial charge in [-0.15, -0.1) is 0 Å². The molecule has 0 radical (unpaired) electrons. The Morgan fingerprint density at radius 3 is 1.48 bits per heavy atom. The number of benzene rings is 4. The van der Waals surface area contributed by atoms with Gasteiger partial charge in [0, 0.05) is 17.8 Å². The van der Waals surface area contributed by atoms with Crippen molar-refractivity contribution in [2.45, 2.75) is 62.0 Å². The van der Waals surface area contributed by atoms with E-state index < -0.39 is 4.92 Å². The van der Waals surface area contributed by atoms with Gasteiger partial charge in [-0.25, -0.2) is 0 Å². The van der Waals surface area contributed by atoms with E-state index in [0.717, 1.165) is 11.1 Å². The number of hydrogen-bond acceptors (Lipinski definition) is 11. The number of non-ortho nitro benzene ring substituents is 1. The quantitative estimate of drug-likeness (QED) is 0.103. The van der Waals surface area contributed by atoms with Crippen LogP contribution in [0.5, 0.6) is 11.5 Å². The summed E-state index contributed by atoms with van der Waals surface area (Å²) in [4.78, 5) is 10.3. The monoisotopic (exact) mass is 752 g/mol. The van der Waals surface area contributed by atoms with Crippen LogP contribution < -0.4 is 15.2 Å². The number of ether oxygens (including phenoxy) is 8. The zero-order chi connectivity index (χ0) is 36.0. The summed E-state index contributed by atoms with van der Waals surface area (Å²) >= 11 is 12.3. The van der Waals surface area contributed by atoms with E-state index in [1.807, 2.05) is 60.7 Å². The second-order valence-corrected chi connectivity index (χ2v) is 13.6. The predicted molar refractivity (Wildman–Crippen MR) is 192 cm³/mol. The summed E-state index contributed by atoms with van der Waals surface area (Å²) in [5.41, 5.74) is 8.45. The van der Waals surface area contributed by atoms with Crippen LogP contribution in [-0.4, -0.2) is 80.2 Å². The molecule has 12 nitrogen and oxygen atoms in total. The highest BCUT2D eigenvalue weighted by Crippen LogP contribution is 2.36. The normalized spacial score (nSPS) is 27.3. The summed E-state index contributed by atoms with van der Waals surface area (Å²) in [5.74, 6) is 0.955. The summed E-state index contributed by atoms with van der Waals surface area (Å²) in [6.07, 6.45) is -1.59. The van der Waals surface area contributed by atoms with E-state index in [1.54, 1.807) is 18.2 Å². The van der Waals surface area contributed by atoms with Crippen molar-refractivity contribution in [3.8, 4) is 11.5 Å². The minimum Gasteiger partial charge on any atom is -0.484 e. The fraction of sp³-hybridized carbons (Fsp3) is 0.368. The maximum Gasteiger partial charge on any atom is 0.271 e. The Morgan fingerprint density at radius 2 is 1.04 bits per heavy atom. The summed E-state index contributed by atoms with van der Waals surface area (Å²) in [6, 6.07) is 29.3. The van der Waals surface area contributed by atoms with Gasteiger partial charge in [0.1, 0.15) is 48.1 Å². The number of nitrogen functional groups attached to an aromatic ring is 1. The number of nitro benzene ring substituents is 1. The van der Waals surface area contributed by atoms with Crippen molar-refractivity contribution in [1.29, 1.82) is 0 Å². The molecular weight excluding hydrogens is 715 g/mol. The number of halogens is 2. The van der Waals surface area contributed by atoms with Crippen molar-refractivity contribution in [3.63, 3.8) is 0 Å². The van der Waals surface area contributed by atoms with Gasteiger partial charge < -0.3 is 43.6 Å². The van der Waals surface area contributed by atoms with Gasteiger partial charge in [0.2, 0.25) is 0 Å². The van der Waals surface area contributed by atoms with Crippen molar-refractivity contribution >= 4 is 34.6 Å². The van der Waals surface area contributed by atoms with Crippen LogP contribution in [0.3, 0.4) is 0 Å². The van der Waals surface area contributed by atoms with Gasteiger partial charge in [-0.3, -0.25) is 10.1 Å². The Bertz CT molecular complexity index is 1810. The van der Waals surface area contributed by atoms with Gasteiger partial charge in [0.05, 0.1) is 54.6 Å². The first-order valence-corrected chi connectivity index (χ1v) is 17.7. The molecule has 4 fully saturated rings. The van der Waals surface area contributed by atoms with E-state index in [1.165, 1.54) is 18.2 Å². The van der Waals surface area contributed by atoms with Crippen LogP contribution >= 0.6 is 23.2 Å². The molecule has 0 aliphatic carbocycles. The second kappa shape index (κ2) is 16.8. The molecule has 52 heavy (non-hydrogen) atoms. The smallest absolute Gasteiger partial charge is 0.271 e. The van der Waals surface area contributed by atoms with Crippen LogP contribution in [0.4, 0.5) is 11.4 Å². The lowest BCUT2D eigenvalue weighted by atomic mass is 10.1. The Morgan fingerprint density at radius 1 is 0.615 bits per heavy atom. The molecule has 4 aromatic rings. The fourth-order valence-corrected chi connectivity index (χ4v) is 6.99. The Labute approximate surface area is 310 Å². The first-order chi connectivity index (χ1) is 25.3. The number of rotatable bonds is 11. The van der Waals surface area contributed by atoms with Crippen LogP contribution in [0, 0.1) is 10.1 Å². The molecule has 4 saturated heterocycles. The van der Waals surface area contributed by atoms with E-state index in [2.05, 4.69) is 0 Å². The average Bonchev–Trinajstić information content (AvgIpc) is 3.94. The Balaban J connectivity index is 0.000000162. The molecule has 0 spiro atoms. The van der Waals surface area contributed by atoms with Crippen molar-refractivity contribution in [3.05, 3.63) is 128 Å². The first-order valence-electron chi connectivity index (χ1n) is 16.9. The van der Waals surface area contributed by atoms with Crippen molar-refractivity contribution in [2.24, 2.45) is 0 Å². The maximum absolute atomic E-state index is 10.8. The molecule has 0 saturated carbocycles. The number of fused-ring (bicyclic) bond motifs is 2. The van der Waals surface area contributed by atoms with Gasteiger partial charge in [-0.05, 0) is 35.4 Å². The lowest BCUT2D eigenvalue weighted by Crippen LogP contribution is -2.35. The largest absolute Gasteiger partial charge is 0.484 e. The molecular formula is C38H38Cl2N2O10. The summed E-state index contributed by atoms with van der Waals surface area (Å²) < 4.78 is 47.3. The van der Waals surface area contributed by atoms with Crippen LogP contribution in [0.2, 0.25) is 10.0 Å². The maximum atomic E-state index is 10.8. The minimum absolute atomic E-state index is 0.0839. The molecule has 8 rings (SSSR count). The topological polar surface area (TPSA) is 143 Å². The standard InChI is InChI=1S/C19H18ClNO6.C19H20ClNO4/c20-14-8-13(21(22)23)6-7-15(14)27-17-11-26-18-16(10-25-19(17)18)24-9-12-4-2-1-3-5-12;20-14-8-13(21)6-7-15(14)25-17-11-24-18-16(10-23-19(17)18)22-9-12-4-2-1-3-5-12/h1-8,16-19H,9-11H2;1-8,16-19H,9-11,21H2/t2*16-,17?,18+,19+/m00/s1. The van der Waals surface area contributed by atoms with E-state index in [9.17, 15) is 10.1 Å². The third kappa shape index (κ3) is 8.62. The minimum atomic E-state index is -0.501. The lowest BCUT2D eigenvalue weighted by Gasteiger charge is -2.19. The molecule has 2 unspecified atom stereocenters. The zero-order valence-electron chi connectivity index (χ0n) is 28.0. The molecule has 4 heterocycles. The third-order valence-corrected chi connectivity index (χ3v) is 9.77. The van der Waals surface area contributed by atoms with Crippen molar-refractivity contribution in [1.82, 2.24) is 0 Å². The molecule has 274 valence electrons. The molecule has 14 heteroatoms. The molecule has 4 aliphatic rings. The summed E-state index contributed by atoms with van der Waals surface area (Å²) in [7, 11) is 0. The van der Waals surface area contributed by atoms with Crippen LogP contribution in [-0.2, 0) is 41.6 Å². The van der Waals surface area contributed by atoms with Gasteiger partial charge in [-0.2, -0.15) is 0 Å². The number of nitrogens with two attached hydrogens (primary N) is 1. The summed E-state index contributed by atoms with van der Waals surface area (Å²) in [6.45, 7) is 2.74. The van der Waals surface area contributed by atoms with E-state index >= 15 is 0 Å². The Kier molecular flexibility index (Phi) is 11.7. The number of nitrogens with zero attached hydrogens (tertiary/aromatic N) is 1. The molecule has 0 aromatic heterocycles. The van der Waals surface area contributed by atoms with Gasteiger partial charge in [-0.1, -0.05) is 83.9 Å². The average molecular weight is 754 g/mol. The van der Waals surface area contributed by atoms with Crippen LogP contribution in [0.1, 0.15) is 11.1 Å². The van der Waals surface area contributed by atoms with E-state index in [4.69, 9.17) is 66.8 Å². The lowest BCUT2D eigenvalue weighted by molar-refractivity contribution is -0.384. The molecule has 4 aliphatic heterocycles. The predicted octanol–water partition coefficient (Wildman–Crippen LogP) is 6.43. The SMILES string of the molecule is Nc1ccc(OC2CO[C@@H]3[C@@H](OCc4ccccc4)CO[C@H]23)c(Cl)c1.O=[N+]([O-])c1ccc(OC2CO[C@@H]3[C@@H](OCc4ccccc4)CO[C@H]23)c(Cl)c1. The number of anilines is 1. The van der Waals surface area contributed by atoms with E-state index in [0.29, 0.717) is 61.9 Å². The molecule has 2 N–H and O–H groups in total. The highest BCUT2D eigenvalue weighted by molar-refractivity contribution is 6.32. The van der Waals surface area contributed by atoms with Crippen LogP contribution in [0.15, 0.2) is 97.1 Å². The second-order valence-electron chi connectivity index (χ2n) is 12.7. The van der Waals surface area contributed by atoms with E-state index in [-0.39, 0.29) is 59.5 Å². The van der Waals surface area contributed by atoms with Crippen molar-refractivity contribution in [2.75, 3.05) is 32.2 Å². The highest BCUT2D eigenvalue weighted by atomic mass is 35.5. The molecule has 4 aromatic carbocycles. The molecule has 8 atom stereocenters. The van der Waals surface area contributed by atoms with Gasteiger partial charge >= 0.3 is 0 Å². The number of nitro groups is 1. The molecule has 0 bridgehead atoms. The third-order valence-electron chi connectivity index (χ3n) is 9.18. The first kappa shape index (κ1) is 36.4. The highest BCUT2D eigenvalue weighted by Gasteiger charge is 2.50. The van der Waals surface area contributed by atoms with Crippen molar-refractivity contribution < 1.29 is 42.8 Å². The zero-order valence-corrected chi connectivity index (χ0v) is 29.5. The Hall–Kier alpha value is -3.98. The molecule has 0 amide bonds. The van der Waals surface area contributed by atoms with Gasteiger partial charge in [0.15, 0.2) is 12.2 Å². The van der Waals surface area contributed by atoms with Gasteiger partial charge in [0.25, 0.3) is 5.69 Å². The van der Waals surface area contributed by atoms with Crippen LogP contribution in [0.25, 0.3) is 0 Å².